The molecule has 8 heteroatoms. The molecular formula is C21H23F4NO3. The summed E-state index contributed by atoms with van der Waals surface area (Å²) in [5.41, 5.74) is -2.18. The maximum absolute atomic E-state index is 15.0. The maximum Gasteiger partial charge on any atom is 0.573 e. The van der Waals surface area contributed by atoms with Crippen molar-refractivity contribution in [1.29, 1.82) is 0 Å². The van der Waals surface area contributed by atoms with Gasteiger partial charge < -0.3 is 19.5 Å². The highest BCUT2D eigenvalue weighted by Gasteiger charge is 2.56. The van der Waals surface area contributed by atoms with Gasteiger partial charge in [0.1, 0.15) is 22.9 Å². The van der Waals surface area contributed by atoms with Crippen LogP contribution in [-0.2, 0) is 5.60 Å². The lowest BCUT2D eigenvalue weighted by Gasteiger charge is -2.56. The summed E-state index contributed by atoms with van der Waals surface area (Å²) in [5, 5.41) is 11.8. The zero-order valence-electron chi connectivity index (χ0n) is 16.4. The van der Waals surface area contributed by atoms with Gasteiger partial charge in [-0.05, 0) is 43.8 Å². The standard InChI is InChI=1S/C21H23F4NO3/c1-4-28-16-9-10-17(18(22)11-16)20(27,19(2)12-26(3)13-19)14-5-7-15(8-6-14)29-21(23,24)25/h5-11,27H,4,12-13H2,1-3H3/t20-/m1/s1. The van der Waals surface area contributed by atoms with E-state index in [1.807, 2.05) is 18.9 Å². The second-order valence-corrected chi connectivity index (χ2v) is 7.59. The quantitative estimate of drug-likeness (QED) is 0.717. The normalized spacial score (nSPS) is 18.6. The van der Waals surface area contributed by atoms with Crippen molar-refractivity contribution in [3.8, 4) is 11.5 Å². The third-order valence-corrected chi connectivity index (χ3v) is 5.26. The molecule has 0 radical (unpaired) electrons. The van der Waals surface area contributed by atoms with Crippen molar-refractivity contribution in [3.05, 3.63) is 59.4 Å². The third kappa shape index (κ3) is 4.04. The van der Waals surface area contributed by atoms with Crippen LogP contribution in [0, 0.1) is 11.2 Å². The summed E-state index contributed by atoms with van der Waals surface area (Å²) in [5.74, 6) is -0.725. The maximum atomic E-state index is 15.0. The largest absolute Gasteiger partial charge is 0.573 e. The van der Waals surface area contributed by atoms with E-state index in [9.17, 15) is 18.3 Å². The fraction of sp³-hybridized carbons (Fsp3) is 0.429. The molecule has 0 spiro atoms. The second-order valence-electron chi connectivity index (χ2n) is 7.59. The number of likely N-dealkylation sites (tertiary alicyclic amines) is 1. The van der Waals surface area contributed by atoms with Crippen LogP contribution in [0.15, 0.2) is 42.5 Å². The van der Waals surface area contributed by atoms with Gasteiger partial charge in [-0.1, -0.05) is 19.1 Å². The Balaban J connectivity index is 2.06. The van der Waals surface area contributed by atoms with E-state index in [0.29, 0.717) is 25.4 Å². The minimum absolute atomic E-state index is 0.0426. The van der Waals surface area contributed by atoms with Gasteiger partial charge in [0.15, 0.2) is 0 Å². The van der Waals surface area contributed by atoms with Crippen molar-refractivity contribution in [1.82, 2.24) is 4.90 Å². The van der Waals surface area contributed by atoms with E-state index in [1.54, 1.807) is 13.0 Å². The Kier molecular flexibility index (Phi) is 5.53. The highest BCUT2D eigenvalue weighted by atomic mass is 19.4. The van der Waals surface area contributed by atoms with Gasteiger partial charge in [-0.15, -0.1) is 13.2 Å². The molecule has 1 N–H and O–H groups in total. The van der Waals surface area contributed by atoms with Crippen LogP contribution in [0.3, 0.4) is 0 Å². The van der Waals surface area contributed by atoms with Crippen LogP contribution >= 0.6 is 0 Å². The van der Waals surface area contributed by atoms with Crippen molar-refractivity contribution >= 4 is 0 Å². The summed E-state index contributed by atoms with van der Waals surface area (Å²) in [7, 11) is 1.87. The number of benzene rings is 2. The van der Waals surface area contributed by atoms with Crippen molar-refractivity contribution in [2.45, 2.75) is 25.8 Å². The molecule has 1 fully saturated rings. The van der Waals surface area contributed by atoms with Gasteiger partial charge in [0.2, 0.25) is 0 Å². The highest BCUT2D eigenvalue weighted by Crippen LogP contribution is 2.51. The highest BCUT2D eigenvalue weighted by molar-refractivity contribution is 5.44. The molecule has 3 rings (SSSR count). The van der Waals surface area contributed by atoms with Crippen molar-refractivity contribution in [3.63, 3.8) is 0 Å². The summed E-state index contributed by atoms with van der Waals surface area (Å²) in [4.78, 5) is 1.97. The van der Waals surface area contributed by atoms with Gasteiger partial charge in [-0.25, -0.2) is 4.39 Å². The molecule has 0 bridgehead atoms. The lowest BCUT2D eigenvalue weighted by Crippen LogP contribution is -2.63. The van der Waals surface area contributed by atoms with Crippen molar-refractivity contribution in [2.75, 3.05) is 26.7 Å². The summed E-state index contributed by atoms with van der Waals surface area (Å²) in [6.07, 6.45) is -4.82. The number of ether oxygens (including phenoxy) is 2. The first kappa shape index (κ1) is 21.4. The SMILES string of the molecule is CCOc1ccc([C@](O)(c2ccc(OC(F)(F)F)cc2)C2(C)CN(C)C2)c(F)c1. The Hall–Kier alpha value is -2.32. The van der Waals surface area contributed by atoms with E-state index in [4.69, 9.17) is 4.74 Å². The number of hydrogen-bond acceptors (Lipinski definition) is 4. The molecule has 158 valence electrons. The Labute approximate surface area is 166 Å². The van der Waals surface area contributed by atoms with Crippen LogP contribution in [0.5, 0.6) is 11.5 Å². The van der Waals surface area contributed by atoms with E-state index in [0.717, 1.165) is 12.1 Å². The van der Waals surface area contributed by atoms with Gasteiger partial charge in [0.25, 0.3) is 0 Å². The van der Waals surface area contributed by atoms with Crippen LogP contribution < -0.4 is 9.47 Å². The molecule has 2 aromatic rings. The van der Waals surface area contributed by atoms with Crippen LogP contribution in [0.1, 0.15) is 25.0 Å². The summed E-state index contributed by atoms with van der Waals surface area (Å²) in [6.45, 7) is 4.93. The van der Waals surface area contributed by atoms with Gasteiger partial charge in [-0.3, -0.25) is 0 Å². The number of aliphatic hydroxyl groups is 1. The van der Waals surface area contributed by atoms with Crippen LogP contribution in [0.2, 0.25) is 0 Å². The van der Waals surface area contributed by atoms with Crippen LogP contribution in [0.25, 0.3) is 0 Å². The lowest BCUT2D eigenvalue weighted by atomic mass is 9.62. The molecule has 0 aliphatic carbocycles. The Morgan fingerprint density at radius 3 is 2.14 bits per heavy atom. The van der Waals surface area contributed by atoms with E-state index in [2.05, 4.69) is 4.74 Å². The second kappa shape index (κ2) is 7.50. The van der Waals surface area contributed by atoms with E-state index >= 15 is 4.39 Å². The topological polar surface area (TPSA) is 41.9 Å². The fourth-order valence-electron chi connectivity index (χ4n) is 4.15. The molecule has 29 heavy (non-hydrogen) atoms. The number of halogens is 4. The lowest BCUT2D eigenvalue weighted by molar-refractivity contribution is -0.274. The number of alkyl halides is 3. The zero-order chi connectivity index (χ0) is 21.4. The number of nitrogens with zero attached hydrogens (tertiary/aromatic N) is 1. The predicted molar refractivity (Wildman–Crippen MR) is 99.3 cm³/mol. The van der Waals surface area contributed by atoms with Gasteiger partial charge in [0.05, 0.1) is 6.61 Å². The monoisotopic (exact) mass is 413 g/mol. The molecule has 1 saturated heterocycles. The Morgan fingerprint density at radius 1 is 1.07 bits per heavy atom. The molecule has 0 amide bonds. The molecule has 0 unspecified atom stereocenters. The zero-order valence-corrected chi connectivity index (χ0v) is 16.4. The predicted octanol–water partition coefficient (Wildman–Crippen LogP) is 4.31. The minimum atomic E-state index is -4.82. The first-order valence-corrected chi connectivity index (χ1v) is 9.18. The molecule has 2 aromatic carbocycles. The summed E-state index contributed by atoms with van der Waals surface area (Å²) < 4.78 is 61.6. The van der Waals surface area contributed by atoms with Crippen molar-refractivity contribution < 1.29 is 32.1 Å². The molecule has 4 nitrogen and oxygen atoms in total. The van der Waals surface area contributed by atoms with Crippen molar-refractivity contribution in [2.24, 2.45) is 5.41 Å². The molecular weight excluding hydrogens is 390 g/mol. The van der Waals surface area contributed by atoms with E-state index in [-0.39, 0.29) is 11.1 Å². The van der Waals surface area contributed by atoms with Crippen LogP contribution in [0.4, 0.5) is 17.6 Å². The fourth-order valence-corrected chi connectivity index (χ4v) is 4.15. The Bertz CT molecular complexity index is 863. The molecule has 1 atom stereocenters. The minimum Gasteiger partial charge on any atom is -0.494 e. The Morgan fingerprint density at radius 2 is 1.66 bits per heavy atom. The van der Waals surface area contributed by atoms with Gasteiger partial charge in [0, 0.05) is 30.1 Å². The average molecular weight is 413 g/mol. The van der Waals surface area contributed by atoms with E-state index < -0.39 is 28.9 Å². The molecule has 1 heterocycles. The summed E-state index contributed by atoms with van der Waals surface area (Å²) >= 11 is 0. The van der Waals surface area contributed by atoms with Crippen LogP contribution in [-0.4, -0.2) is 43.1 Å². The first-order chi connectivity index (χ1) is 13.5. The third-order valence-electron chi connectivity index (χ3n) is 5.26. The van der Waals surface area contributed by atoms with Gasteiger partial charge >= 0.3 is 6.36 Å². The molecule has 1 aliphatic heterocycles. The molecule has 0 saturated carbocycles. The molecule has 0 aromatic heterocycles. The number of rotatable bonds is 6. The smallest absolute Gasteiger partial charge is 0.494 e. The van der Waals surface area contributed by atoms with E-state index in [1.165, 1.54) is 24.3 Å². The van der Waals surface area contributed by atoms with Gasteiger partial charge in [-0.2, -0.15) is 0 Å². The number of hydrogen-bond donors (Lipinski definition) is 1. The molecule has 1 aliphatic rings. The summed E-state index contributed by atoms with van der Waals surface area (Å²) in [6, 6.07) is 9.14. The average Bonchev–Trinajstić information content (AvgIpc) is 2.59. The first-order valence-electron chi connectivity index (χ1n) is 9.18.